The topological polar surface area (TPSA) is 77.2 Å². The van der Waals surface area contributed by atoms with Gasteiger partial charge in [0, 0.05) is 12.1 Å². The summed E-state index contributed by atoms with van der Waals surface area (Å²) in [6, 6.07) is 18.0. The molecule has 6 heteroatoms. The highest BCUT2D eigenvalue weighted by molar-refractivity contribution is 5.94. The van der Waals surface area contributed by atoms with Crippen molar-refractivity contribution in [2.45, 2.75) is 25.4 Å². The second kappa shape index (κ2) is 8.56. The number of unbranched alkanes of at least 4 members (excludes halogenated alkanes) is 1. The average Bonchev–Trinajstić information content (AvgIpc) is 3.17. The summed E-state index contributed by atoms with van der Waals surface area (Å²) in [5, 5.41) is 2.98. The zero-order valence-electron chi connectivity index (χ0n) is 13.5. The lowest BCUT2D eigenvalue weighted by molar-refractivity contribution is 0.0953. The second-order valence-corrected chi connectivity index (χ2v) is 5.79. The molecule has 6 nitrogen and oxygen atoms in total. The molecule has 5 N–H and O–H groups in total. The Bertz CT molecular complexity index is 638. The zero-order valence-corrected chi connectivity index (χ0v) is 13.5. The number of carbonyl (C=O) groups is 1. The molecule has 0 spiro atoms. The van der Waals surface area contributed by atoms with Crippen molar-refractivity contribution < 1.29 is 4.79 Å². The lowest BCUT2D eigenvalue weighted by Crippen LogP contribution is -2.33. The number of aryl methyl sites for hydroxylation is 1. The standard InChI is InChI=1S/C18H23N5O/c24-18(19-13-5-4-8-14-6-2-1-3-7-14)16-11-9-15(10-12-16)17-20-22-23-21-17/h1-3,6-7,9-12,17,20-23H,4-5,8,13H2,(H,19,24). The normalized spacial score (nSPS) is 14.7. The van der Waals surface area contributed by atoms with Gasteiger partial charge in [0.1, 0.15) is 6.17 Å². The first kappa shape index (κ1) is 16.6. The molecule has 0 bridgehead atoms. The molecule has 24 heavy (non-hydrogen) atoms. The van der Waals surface area contributed by atoms with Crippen molar-refractivity contribution in [1.82, 2.24) is 27.2 Å². The highest BCUT2D eigenvalue weighted by Crippen LogP contribution is 2.12. The monoisotopic (exact) mass is 325 g/mol. The van der Waals surface area contributed by atoms with Gasteiger partial charge >= 0.3 is 0 Å². The first-order valence-electron chi connectivity index (χ1n) is 8.26. The van der Waals surface area contributed by atoms with E-state index in [1.807, 2.05) is 30.3 Å². The lowest BCUT2D eigenvalue weighted by atomic mass is 10.1. The van der Waals surface area contributed by atoms with E-state index in [0.717, 1.165) is 24.8 Å². The maximum Gasteiger partial charge on any atom is 0.251 e. The molecule has 0 atom stereocenters. The lowest BCUT2D eigenvalue weighted by Gasteiger charge is -2.10. The fourth-order valence-electron chi connectivity index (χ4n) is 2.65. The van der Waals surface area contributed by atoms with Gasteiger partial charge in [-0.15, -0.1) is 0 Å². The first-order chi connectivity index (χ1) is 11.8. The molecule has 2 aromatic carbocycles. The molecular weight excluding hydrogens is 302 g/mol. The van der Waals surface area contributed by atoms with Gasteiger partial charge in [-0.05, 0) is 42.5 Å². The van der Waals surface area contributed by atoms with Crippen LogP contribution in [0.25, 0.3) is 0 Å². The Morgan fingerprint density at radius 3 is 2.33 bits per heavy atom. The number of nitrogens with one attached hydrogen (secondary N) is 5. The summed E-state index contributed by atoms with van der Waals surface area (Å²) < 4.78 is 0. The molecule has 1 heterocycles. The van der Waals surface area contributed by atoms with Gasteiger partial charge in [0.25, 0.3) is 5.91 Å². The van der Waals surface area contributed by atoms with Crippen molar-refractivity contribution >= 4 is 5.91 Å². The zero-order chi connectivity index (χ0) is 16.6. The number of rotatable bonds is 7. The fraction of sp³-hybridized carbons (Fsp3) is 0.278. The van der Waals surface area contributed by atoms with Gasteiger partial charge in [-0.1, -0.05) is 42.5 Å². The number of hydrogen-bond donors (Lipinski definition) is 5. The largest absolute Gasteiger partial charge is 0.352 e. The maximum atomic E-state index is 12.1. The van der Waals surface area contributed by atoms with Gasteiger partial charge in [0.05, 0.1) is 0 Å². The van der Waals surface area contributed by atoms with Crippen LogP contribution in [0.15, 0.2) is 54.6 Å². The molecule has 126 valence electrons. The number of amides is 1. The van der Waals surface area contributed by atoms with E-state index in [1.54, 1.807) is 0 Å². The van der Waals surface area contributed by atoms with Crippen LogP contribution in [0, 0.1) is 0 Å². The minimum absolute atomic E-state index is 0.0138. The molecule has 2 aromatic rings. The van der Waals surface area contributed by atoms with E-state index in [9.17, 15) is 4.79 Å². The fourth-order valence-corrected chi connectivity index (χ4v) is 2.65. The smallest absolute Gasteiger partial charge is 0.251 e. The van der Waals surface area contributed by atoms with E-state index in [0.29, 0.717) is 12.1 Å². The van der Waals surface area contributed by atoms with Crippen molar-refractivity contribution in [1.29, 1.82) is 0 Å². The van der Waals surface area contributed by atoms with E-state index < -0.39 is 0 Å². The van der Waals surface area contributed by atoms with E-state index in [2.05, 4.69) is 51.5 Å². The van der Waals surface area contributed by atoms with E-state index >= 15 is 0 Å². The SMILES string of the molecule is O=C(NCCCCc1ccccc1)c1ccc(C2NNNN2)cc1. The predicted molar refractivity (Wildman–Crippen MR) is 93.4 cm³/mol. The summed E-state index contributed by atoms with van der Waals surface area (Å²) >= 11 is 0. The number of benzene rings is 2. The summed E-state index contributed by atoms with van der Waals surface area (Å²) in [6.07, 6.45) is 3.09. The van der Waals surface area contributed by atoms with E-state index in [-0.39, 0.29) is 12.1 Å². The third-order valence-corrected chi connectivity index (χ3v) is 4.02. The van der Waals surface area contributed by atoms with Crippen molar-refractivity contribution in [3.63, 3.8) is 0 Å². The molecule has 0 saturated carbocycles. The van der Waals surface area contributed by atoms with Crippen LogP contribution in [0.5, 0.6) is 0 Å². The van der Waals surface area contributed by atoms with Gasteiger partial charge in [-0.3, -0.25) is 4.79 Å². The second-order valence-electron chi connectivity index (χ2n) is 5.79. The molecule has 1 saturated heterocycles. The van der Waals surface area contributed by atoms with Crippen LogP contribution in [0.1, 0.15) is 40.5 Å². The van der Waals surface area contributed by atoms with Crippen molar-refractivity contribution in [3.8, 4) is 0 Å². The summed E-state index contributed by atoms with van der Waals surface area (Å²) in [5.41, 5.74) is 14.6. The molecule has 1 aliphatic rings. The number of hydrazine groups is 3. The van der Waals surface area contributed by atoms with Crippen molar-refractivity contribution in [2.24, 2.45) is 0 Å². The van der Waals surface area contributed by atoms with Crippen LogP contribution < -0.4 is 27.2 Å². The molecular formula is C18H23N5O. The van der Waals surface area contributed by atoms with Crippen LogP contribution in [-0.4, -0.2) is 12.5 Å². The van der Waals surface area contributed by atoms with Gasteiger partial charge in [-0.2, -0.15) is 11.1 Å². The Morgan fingerprint density at radius 2 is 1.62 bits per heavy atom. The van der Waals surface area contributed by atoms with Crippen LogP contribution in [0.4, 0.5) is 0 Å². The van der Waals surface area contributed by atoms with Crippen LogP contribution in [0.3, 0.4) is 0 Å². The van der Waals surface area contributed by atoms with E-state index in [4.69, 9.17) is 0 Å². The molecule has 3 rings (SSSR count). The van der Waals surface area contributed by atoms with Gasteiger partial charge in [0.2, 0.25) is 0 Å². The average molecular weight is 325 g/mol. The Morgan fingerprint density at radius 1 is 0.917 bits per heavy atom. The van der Waals surface area contributed by atoms with Crippen molar-refractivity contribution in [3.05, 3.63) is 71.3 Å². The van der Waals surface area contributed by atoms with Crippen molar-refractivity contribution in [2.75, 3.05) is 6.54 Å². The Balaban J connectivity index is 1.38. The minimum atomic E-state index is -0.0233. The molecule has 1 aliphatic heterocycles. The highest BCUT2D eigenvalue weighted by atomic mass is 16.1. The minimum Gasteiger partial charge on any atom is -0.352 e. The Labute approximate surface area is 141 Å². The summed E-state index contributed by atoms with van der Waals surface area (Å²) in [5.74, 6) is -0.0233. The van der Waals surface area contributed by atoms with Crippen LogP contribution in [-0.2, 0) is 6.42 Å². The summed E-state index contributed by atoms with van der Waals surface area (Å²) in [6.45, 7) is 0.701. The third-order valence-electron chi connectivity index (χ3n) is 4.02. The van der Waals surface area contributed by atoms with Crippen LogP contribution in [0.2, 0.25) is 0 Å². The van der Waals surface area contributed by atoms with Crippen LogP contribution >= 0.6 is 0 Å². The predicted octanol–water partition coefficient (Wildman–Crippen LogP) is 1.55. The Kier molecular flexibility index (Phi) is 5.92. The highest BCUT2D eigenvalue weighted by Gasteiger charge is 2.15. The van der Waals surface area contributed by atoms with E-state index in [1.165, 1.54) is 5.56 Å². The molecule has 0 unspecified atom stereocenters. The molecule has 0 aromatic heterocycles. The summed E-state index contributed by atoms with van der Waals surface area (Å²) in [7, 11) is 0. The van der Waals surface area contributed by atoms with Gasteiger partial charge in [-0.25, -0.2) is 10.9 Å². The number of hydrogen-bond acceptors (Lipinski definition) is 5. The maximum absolute atomic E-state index is 12.1. The molecule has 1 amide bonds. The quantitative estimate of drug-likeness (QED) is 0.500. The third kappa shape index (κ3) is 4.62. The molecule has 0 radical (unpaired) electrons. The summed E-state index contributed by atoms with van der Waals surface area (Å²) in [4.78, 5) is 12.1. The van der Waals surface area contributed by atoms with Gasteiger partial charge < -0.3 is 5.32 Å². The molecule has 1 fully saturated rings. The number of carbonyl (C=O) groups excluding carboxylic acids is 1. The van der Waals surface area contributed by atoms with Gasteiger partial charge in [0.15, 0.2) is 0 Å². The Hall–Kier alpha value is -2.25. The first-order valence-corrected chi connectivity index (χ1v) is 8.26. The molecule has 0 aliphatic carbocycles.